The van der Waals surface area contributed by atoms with Gasteiger partial charge in [-0.05, 0) is 38.3 Å². The predicted molar refractivity (Wildman–Crippen MR) is 56.0 cm³/mol. The molecule has 0 amide bonds. The number of nitrogens with two attached hydrogens (primary N) is 1. The first kappa shape index (κ1) is 10.6. The molecule has 5 heteroatoms. The van der Waals surface area contributed by atoms with E-state index in [1.807, 2.05) is 0 Å². The molecule has 1 atom stereocenters. The van der Waals surface area contributed by atoms with Crippen molar-refractivity contribution in [1.82, 2.24) is 15.0 Å². The van der Waals surface area contributed by atoms with E-state index in [-0.39, 0.29) is 0 Å². The summed E-state index contributed by atoms with van der Waals surface area (Å²) in [5.74, 6) is 1.45. The van der Waals surface area contributed by atoms with Crippen LogP contribution in [0.2, 0.25) is 0 Å². The van der Waals surface area contributed by atoms with Crippen LogP contribution >= 0.6 is 0 Å². The third kappa shape index (κ3) is 3.00. The summed E-state index contributed by atoms with van der Waals surface area (Å²) in [6, 6.07) is 0. The Balaban J connectivity index is 1.82. The highest BCUT2D eigenvalue weighted by atomic mass is 16.5. The highest BCUT2D eigenvalue weighted by Crippen LogP contribution is 2.19. The number of hydrogen-bond acceptors (Lipinski definition) is 5. The van der Waals surface area contributed by atoms with E-state index in [9.17, 15) is 0 Å². The Hall–Kier alpha value is -0.940. The molecule has 0 aliphatic carbocycles. The quantitative estimate of drug-likeness (QED) is 0.789. The molecule has 15 heavy (non-hydrogen) atoms. The van der Waals surface area contributed by atoms with Crippen LogP contribution in [0.3, 0.4) is 0 Å². The molecule has 0 saturated carbocycles. The van der Waals surface area contributed by atoms with Crippen LogP contribution in [0.1, 0.15) is 25.2 Å². The van der Waals surface area contributed by atoms with Crippen LogP contribution in [0.15, 0.2) is 10.9 Å². The van der Waals surface area contributed by atoms with Gasteiger partial charge in [0, 0.05) is 6.54 Å². The summed E-state index contributed by atoms with van der Waals surface area (Å²) in [5.41, 5.74) is 5.58. The summed E-state index contributed by atoms with van der Waals surface area (Å²) < 4.78 is 5.00. The Labute approximate surface area is 89.6 Å². The normalized spacial score (nSPS) is 23.1. The van der Waals surface area contributed by atoms with Crippen molar-refractivity contribution >= 4 is 0 Å². The minimum Gasteiger partial charge on any atom is -0.338 e. The van der Waals surface area contributed by atoms with Crippen LogP contribution in [-0.2, 0) is 6.54 Å². The summed E-state index contributed by atoms with van der Waals surface area (Å²) >= 11 is 0. The van der Waals surface area contributed by atoms with Crippen molar-refractivity contribution in [2.75, 3.05) is 19.6 Å². The van der Waals surface area contributed by atoms with Gasteiger partial charge in [-0.25, -0.2) is 0 Å². The molecule has 84 valence electrons. The molecule has 1 unspecified atom stereocenters. The maximum Gasteiger partial charge on any atom is 0.240 e. The first-order chi connectivity index (χ1) is 7.38. The Kier molecular flexibility index (Phi) is 3.69. The first-order valence-electron chi connectivity index (χ1n) is 5.56. The zero-order valence-electron chi connectivity index (χ0n) is 8.93. The molecule has 1 fully saturated rings. The number of rotatable bonds is 4. The van der Waals surface area contributed by atoms with Crippen LogP contribution in [0.25, 0.3) is 0 Å². The van der Waals surface area contributed by atoms with E-state index < -0.39 is 0 Å². The van der Waals surface area contributed by atoms with E-state index in [1.54, 1.807) is 0 Å². The molecule has 0 bridgehead atoms. The predicted octanol–water partition coefficient (Wildman–Crippen LogP) is 0.630. The van der Waals surface area contributed by atoms with Gasteiger partial charge in [-0.3, -0.25) is 4.90 Å². The second-order valence-electron chi connectivity index (χ2n) is 4.16. The Morgan fingerprint density at radius 2 is 2.53 bits per heavy atom. The van der Waals surface area contributed by atoms with Gasteiger partial charge < -0.3 is 10.3 Å². The van der Waals surface area contributed by atoms with E-state index in [4.69, 9.17) is 10.3 Å². The molecule has 1 aliphatic heterocycles. The number of nitrogens with zero attached hydrogens (tertiary/aromatic N) is 3. The Morgan fingerprint density at radius 1 is 1.60 bits per heavy atom. The van der Waals surface area contributed by atoms with Crippen LogP contribution in [0.5, 0.6) is 0 Å². The summed E-state index contributed by atoms with van der Waals surface area (Å²) in [6.45, 7) is 3.81. The van der Waals surface area contributed by atoms with Gasteiger partial charge in [0.2, 0.25) is 5.89 Å². The number of likely N-dealkylation sites (tertiary alicyclic amines) is 1. The fourth-order valence-electron chi connectivity index (χ4n) is 2.22. The molecule has 0 aromatic carbocycles. The van der Waals surface area contributed by atoms with E-state index in [0.717, 1.165) is 38.5 Å². The fourth-order valence-corrected chi connectivity index (χ4v) is 2.22. The van der Waals surface area contributed by atoms with Crippen molar-refractivity contribution in [1.29, 1.82) is 0 Å². The molecule has 1 aromatic heterocycles. The van der Waals surface area contributed by atoms with Crippen molar-refractivity contribution in [2.24, 2.45) is 11.7 Å². The molecule has 0 spiro atoms. The number of piperidine rings is 1. The van der Waals surface area contributed by atoms with E-state index >= 15 is 0 Å². The molecular formula is C10H18N4O. The Morgan fingerprint density at radius 3 is 3.27 bits per heavy atom. The van der Waals surface area contributed by atoms with Crippen molar-refractivity contribution in [3.05, 3.63) is 12.2 Å². The zero-order chi connectivity index (χ0) is 10.5. The average molecular weight is 210 g/mol. The summed E-state index contributed by atoms with van der Waals surface area (Å²) in [7, 11) is 0. The minimum absolute atomic E-state index is 0.711. The molecule has 1 aliphatic rings. The van der Waals surface area contributed by atoms with Crippen molar-refractivity contribution in [3.8, 4) is 0 Å². The monoisotopic (exact) mass is 210 g/mol. The average Bonchev–Trinajstić information content (AvgIpc) is 2.71. The zero-order valence-corrected chi connectivity index (χ0v) is 8.93. The van der Waals surface area contributed by atoms with Gasteiger partial charge in [0.05, 0.1) is 6.54 Å². The lowest BCUT2D eigenvalue weighted by Crippen LogP contribution is -2.35. The lowest BCUT2D eigenvalue weighted by atomic mass is 9.95. The van der Waals surface area contributed by atoms with Crippen molar-refractivity contribution in [2.45, 2.75) is 25.8 Å². The van der Waals surface area contributed by atoms with Crippen LogP contribution in [-0.4, -0.2) is 34.7 Å². The van der Waals surface area contributed by atoms with Gasteiger partial charge in [-0.15, -0.1) is 0 Å². The van der Waals surface area contributed by atoms with Crippen LogP contribution < -0.4 is 5.73 Å². The molecule has 2 N–H and O–H groups in total. The molecule has 1 saturated heterocycles. The van der Waals surface area contributed by atoms with Crippen molar-refractivity contribution < 1.29 is 4.52 Å². The highest BCUT2D eigenvalue weighted by molar-refractivity contribution is 4.79. The first-order valence-corrected chi connectivity index (χ1v) is 5.56. The smallest absolute Gasteiger partial charge is 0.240 e. The summed E-state index contributed by atoms with van der Waals surface area (Å²) in [6.07, 6.45) is 5.13. The van der Waals surface area contributed by atoms with Gasteiger partial charge in [0.25, 0.3) is 0 Å². The fraction of sp³-hybridized carbons (Fsp3) is 0.800. The highest BCUT2D eigenvalue weighted by Gasteiger charge is 2.20. The molecule has 5 nitrogen and oxygen atoms in total. The van der Waals surface area contributed by atoms with Gasteiger partial charge in [0.1, 0.15) is 0 Å². The van der Waals surface area contributed by atoms with Crippen LogP contribution in [0, 0.1) is 5.92 Å². The number of aromatic nitrogens is 2. The van der Waals surface area contributed by atoms with Gasteiger partial charge in [-0.2, -0.15) is 4.98 Å². The van der Waals surface area contributed by atoms with Crippen molar-refractivity contribution in [3.63, 3.8) is 0 Å². The molecule has 0 radical (unpaired) electrons. The van der Waals surface area contributed by atoms with E-state index in [2.05, 4.69) is 15.0 Å². The maximum atomic E-state index is 5.58. The Bertz CT molecular complexity index is 273. The standard InChI is InChI=1S/C10H18N4O/c11-4-3-9-2-1-5-14(6-9)7-10-12-8-13-15-10/h8-9H,1-7,11H2. The molecule has 2 heterocycles. The third-order valence-corrected chi connectivity index (χ3v) is 2.94. The second kappa shape index (κ2) is 5.23. The van der Waals surface area contributed by atoms with Gasteiger partial charge in [-0.1, -0.05) is 5.16 Å². The van der Waals surface area contributed by atoms with Gasteiger partial charge in [0.15, 0.2) is 6.33 Å². The minimum atomic E-state index is 0.711. The lowest BCUT2D eigenvalue weighted by molar-refractivity contribution is 0.146. The topological polar surface area (TPSA) is 68.2 Å². The van der Waals surface area contributed by atoms with E-state index in [1.165, 1.54) is 19.2 Å². The SMILES string of the molecule is NCCC1CCCN(Cc2ncno2)C1. The summed E-state index contributed by atoms with van der Waals surface area (Å²) in [5, 5.41) is 3.61. The van der Waals surface area contributed by atoms with Gasteiger partial charge >= 0.3 is 0 Å². The molecule has 1 aromatic rings. The molecular weight excluding hydrogens is 192 g/mol. The third-order valence-electron chi connectivity index (χ3n) is 2.94. The lowest BCUT2D eigenvalue weighted by Gasteiger charge is -2.31. The second-order valence-corrected chi connectivity index (χ2v) is 4.16. The summed E-state index contributed by atoms with van der Waals surface area (Å²) in [4.78, 5) is 6.41. The van der Waals surface area contributed by atoms with Crippen LogP contribution in [0.4, 0.5) is 0 Å². The molecule has 2 rings (SSSR count). The largest absolute Gasteiger partial charge is 0.338 e. The number of hydrogen-bond donors (Lipinski definition) is 1. The maximum absolute atomic E-state index is 5.58. The van der Waals surface area contributed by atoms with E-state index in [0.29, 0.717) is 5.89 Å².